The number of anilines is 2. The summed E-state index contributed by atoms with van der Waals surface area (Å²) in [6.07, 6.45) is 0. The summed E-state index contributed by atoms with van der Waals surface area (Å²) >= 11 is 0. The number of hydrogen-bond donors (Lipinski definition) is 2. The van der Waals surface area contributed by atoms with E-state index < -0.39 is 0 Å². The Bertz CT molecular complexity index is 1450. The molecule has 2 amide bonds. The van der Waals surface area contributed by atoms with Crippen LogP contribution in [0.1, 0.15) is 0 Å². The van der Waals surface area contributed by atoms with Crippen LogP contribution in [0.5, 0.6) is 0 Å². The summed E-state index contributed by atoms with van der Waals surface area (Å²) in [5.74, 6) is 5.75. The number of nitrogens with one attached hydrogen (secondary N) is 1. The first-order valence-electron chi connectivity index (χ1n) is 11.8. The number of hydrazine groups is 1. The Morgan fingerprint density at radius 1 is 0.641 bits per heavy atom. The summed E-state index contributed by atoms with van der Waals surface area (Å²) in [4.78, 5) is 25.2. The fraction of sp³-hybridized carbons (Fsp3) is 0.0714. The van der Waals surface area contributed by atoms with Crippen molar-refractivity contribution in [3.8, 4) is 0 Å². The molecule has 11 heteroatoms. The Labute approximate surface area is 234 Å². The number of azo groups is 2. The molecule has 39 heavy (non-hydrogen) atoms. The van der Waals surface area contributed by atoms with Gasteiger partial charge in [-0.05, 0) is 48.5 Å². The number of benzene rings is 4. The first-order chi connectivity index (χ1) is 19.1. The molecule has 0 radical (unpaired) electrons. The molecule has 9 nitrogen and oxygen atoms in total. The molecule has 0 fully saturated rings. The predicted octanol–water partition coefficient (Wildman–Crippen LogP) is 7.74. The fourth-order valence-electron chi connectivity index (χ4n) is 3.21. The zero-order valence-electron chi connectivity index (χ0n) is 20.8. The number of rotatable bonds is 11. The van der Waals surface area contributed by atoms with Crippen LogP contribution in [0.2, 0.25) is 0 Å². The van der Waals surface area contributed by atoms with Crippen LogP contribution in [0.15, 0.2) is 130 Å². The summed E-state index contributed by atoms with van der Waals surface area (Å²) in [5, 5.41) is 20.8. The topological polar surface area (TPSA) is 125 Å². The van der Waals surface area contributed by atoms with Gasteiger partial charge in [-0.25, -0.2) is 10.9 Å². The molecule has 0 unspecified atom stereocenters. The minimum Gasteiger partial charge on any atom is -0.323 e. The summed E-state index contributed by atoms with van der Waals surface area (Å²) in [7, 11) is 2.49. The van der Waals surface area contributed by atoms with Gasteiger partial charge in [0.15, 0.2) is 0 Å². The molecule has 0 bridgehead atoms. The van der Waals surface area contributed by atoms with Crippen molar-refractivity contribution in [1.82, 2.24) is 0 Å². The van der Waals surface area contributed by atoms with Gasteiger partial charge in [0.2, 0.25) is 5.91 Å². The number of carbonyl (C=O) groups is 2. The molecular weight excluding hydrogens is 530 g/mol. The van der Waals surface area contributed by atoms with Crippen molar-refractivity contribution in [2.75, 3.05) is 21.8 Å². The highest BCUT2D eigenvalue weighted by Gasteiger charge is 2.16. The van der Waals surface area contributed by atoms with Gasteiger partial charge in [-0.2, -0.15) is 10.2 Å². The molecule has 0 aliphatic rings. The van der Waals surface area contributed by atoms with Gasteiger partial charge in [-0.1, -0.05) is 82.3 Å². The van der Waals surface area contributed by atoms with Gasteiger partial charge in [0.25, 0.3) is 5.91 Å². The molecule has 0 aliphatic carbocycles. The van der Waals surface area contributed by atoms with E-state index in [0.717, 1.165) is 5.01 Å². The number of amides is 2. The lowest BCUT2D eigenvalue weighted by Gasteiger charge is -2.17. The zero-order valence-corrected chi connectivity index (χ0v) is 22.4. The molecule has 4 rings (SSSR count). The fourth-order valence-corrected chi connectivity index (χ4v) is 4.92. The molecule has 0 heterocycles. The van der Waals surface area contributed by atoms with E-state index in [-0.39, 0.29) is 23.3 Å². The molecule has 196 valence electrons. The van der Waals surface area contributed by atoms with E-state index in [2.05, 4.69) is 25.8 Å². The molecular formula is C28H25N7O2S2. The molecule has 0 saturated carbocycles. The lowest BCUT2D eigenvalue weighted by atomic mass is 10.2. The molecule has 0 aromatic heterocycles. The molecule has 0 spiro atoms. The van der Waals surface area contributed by atoms with Crippen molar-refractivity contribution < 1.29 is 9.59 Å². The van der Waals surface area contributed by atoms with Gasteiger partial charge in [0.1, 0.15) is 11.4 Å². The van der Waals surface area contributed by atoms with Crippen molar-refractivity contribution in [2.45, 2.75) is 0 Å². The van der Waals surface area contributed by atoms with Crippen molar-refractivity contribution >= 4 is 67.5 Å². The molecule has 4 aromatic carbocycles. The van der Waals surface area contributed by atoms with Crippen molar-refractivity contribution in [2.24, 2.45) is 26.3 Å². The predicted molar refractivity (Wildman–Crippen MR) is 159 cm³/mol. The van der Waals surface area contributed by atoms with Crippen LogP contribution in [-0.4, -0.2) is 23.3 Å². The van der Waals surface area contributed by atoms with Crippen molar-refractivity contribution in [1.29, 1.82) is 0 Å². The maximum atomic E-state index is 12.7. The average Bonchev–Trinajstić information content (AvgIpc) is 2.98. The van der Waals surface area contributed by atoms with Crippen LogP contribution in [0.25, 0.3) is 0 Å². The maximum Gasteiger partial charge on any atom is 0.252 e. The van der Waals surface area contributed by atoms with E-state index in [0.29, 0.717) is 34.1 Å². The SMILES string of the molecule is NN(C(=O)CSSCC(=O)Nc1ccccc1N=Nc1ccccc1)c1ccccc1N=Nc1ccccc1. The Morgan fingerprint density at radius 2 is 1.15 bits per heavy atom. The molecule has 0 saturated heterocycles. The molecule has 3 N–H and O–H groups in total. The number of nitrogens with zero attached hydrogens (tertiary/aromatic N) is 5. The van der Waals surface area contributed by atoms with Gasteiger partial charge in [-0.15, -0.1) is 10.2 Å². The van der Waals surface area contributed by atoms with E-state index in [9.17, 15) is 9.59 Å². The summed E-state index contributed by atoms with van der Waals surface area (Å²) in [6, 6.07) is 32.8. The number of carbonyl (C=O) groups excluding carboxylic acids is 2. The van der Waals surface area contributed by atoms with E-state index in [1.165, 1.54) is 21.6 Å². The third-order valence-corrected chi connectivity index (χ3v) is 7.22. The third kappa shape index (κ3) is 8.60. The van der Waals surface area contributed by atoms with Gasteiger partial charge in [0.05, 0.1) is 34.3 Å². The quantitative estimate of drug-likeness (QED) is 0.0489. The number of hydrogen-bond acceptors (Lipinski definition) is 9. The first kappa shape index (κ1) is 27.7. The van der Waals surface area contributed by atoms with Crippen LogP contribution >= 0.6 is 21.6 Å². The minimum absolute atomic E-state index is 0.0699. The Kier molecular flexibility index (Phi) is 10.4. The van der Waals surface area contributed by atoms with E-state index >= 15 is 0 Å². The van der Waals surface area contributed by atoms with Crippen LogP contribution in [0, 0.1) is 0 Å². The zero-order chi connectivity index (χ0) is 27.3. The van der Waals surface area contributed by atoms with Gasteiger partial charge >= 0.3 is 0 Å². The Morgan fingerprint density at radius 3 is 1.82 bits per heavy atom. The highest BCUT2D eigenvalue weighted by atomic mass is 33.1. The standard InChI is InChI=1S/C28H25N7O2S2/c29-35(26-18-10-9-17-25(26)34-32-22-13-5-2-6-14-22)28(37)20-39-38-19-27(36)30-23-15-7-8-16-24(23)33-31-21-11-3-1-4-12-21/h1-18H,19-20,29H2,(H,30,36). The first-order valence-corrected chi connectivity index (χ1v) is 14.3. The minimum atomic E-state index is -0.332. The number of para-hydroxylation sites is 2. The Balaban J connectivity index is 1.26. The van der Waals surface area contributed by atoms with Crippen LogP contribution in [0.4, 0.5) is 34.1 Å². The second-order valence-corrected chi connectivity index (χ2v) is 10.4. The van der Waals surface area contributed by atoms with Gasteiger partial charge < -0.3 is 5.32 Å². The average molecular weight is 556 g/mol. The van der Waals surface area contributed by atoms with E-state index in [1.54, 1.807) is 36.4 Å². The van der Waals surface area contributed by atoms with Crippen molar-refractivity contribution in [3.63, 3.8) is 0 Å². The van der Waals surface area contributed by atoms with Crippen LogP contribution in [0.3, 0.4) is 0 Å². The third-order valence-electron chi connectivity index (χ3n) is 5.10. The smallest absolute Gasteiger partial charge is 0.252 e. The van der Waals surface area contributed by atoms with E-state index in [4.69, 9.17) is 5.84 Å². The second-order valence-electron chi connectivity index (χ2n) is 7.91. The highest BCUT2D eigenvalue weighted by Crippen LogP contribution is 2.31. The molecule has 4 aromatic rings. The van der Waals surface area contributed by atoms with Crippen molar-refractivity contribution in [3.05, 3.63) is 109 Å². The van der Waals surface area contributed by atoms with Crippen LogP contribution < -0.4 is 16.2 Å². The molecule has 0 atom stereocenters. The largest absolute Gasteiger partial charge is 0.323 e. The van der Waals surface area contributed by atoms with E-state index in [1.807, 2.05) is 72.8 Å². The van der Waals surface area contributed by atoms with Crippen LogP contribution in [-0.2, 0) is 9.59 Å². The summed E-state index contributed by atoms with van der Waals surface area (Å²) < 4.78 is 0. The maximum absolute atomic E-state index is 12.7. The second kappa shape index (κ2) is 14.6. The normalized spacial score (nSPS) is 11.1. The lowest BCUT2D eigenvalue weighted by Crippen LogP contribution is -2.38. The monoisotopic (exact) mass is 555 g/mol. The van der Waals surface area contributed by atoms with Gasteiger partial charge in [-0.3, -0.25) is 9.59 Å². The van der Waals surface area contributed by atoms with Gasteiger partial charge in [0, 0.05) is 0 Å². The number of nitrogens with two attached hydrogens (primary N) is 1. The summed E-state index contributed by atoms with van der Waals surface area (Å²) in [5.41, 5.74) is 3.41. The lowest BCUT2D eigenvalue weighted by molar-refractivity contribution is -0.116. The molecule has 0 aliphatic heterocycles. The Hall–Kier alpha value is -4.32. The summed E-state index contributed by atoms with van der Waals surface area (Å²) in [6.45, 7) is 0. The highest BCUT2D eigenvalue weighted by molar-refractivity contribution is 8.77.